The smallest absolute Gasteiger partial charge is 0.276 e. The van der Waals surface area contributed by atoms with Crippen molar-refractivity contribution in [3.63, 3.8) is 0 Å². The van der Waals surface area contributed by atoms with Crippen LogP contribution in [-0.2, 0) is 14.6 Å². The van der Waals surface area contributed by atoms with Crippen molar-refractivity contribution in [1.82, 2.24) is 20.0 Å². The SMILES string of the molecule is COc1cn(-c2ccccc2)nc1C(=O)NC(C)C(=O)N1CCS(=O)(=O)CC1. The molecule has 1 N–H and O–H groups in total. The van der Waals surface area contributed by atoms with Crippen LogP contribution >= 0.6 is 0 Å². The quantitative estimate of drug-likeness (QED) is 0.762. The number of hydrogen-bond donors (Lipinski definition) is 1. The van der Waals surface area contributed by atoms with E-state index in [2.05, 4.69) is 10.4 Å². The van der Waals surface area contributed by atoms with Gasteiger partial charge in [-0.2, -0.15) is 5.10 Å². The Hall–Kier alpha value is -2.88. The average Bonchev–Trinajstić information content (AvgIpc) is 3.13. The van der Waals surface area contributed by atoms with Gasteiger partial charge in [0.25, 0.3) is 5.91 Å². The first-order valence-electron chi connectivity index (χ1n) is 8.80. The molecule has 0 aliphatic carbocycles. The minimum absolute atomic E-state index is 0.0608. The number of hydrogen-bond acceptors (Lipinski definition) is 6. The van der Waals surface area contributed by atoms with Crippen LogP contribution in [0.5, 0.6) is 5.75 Å². The van der Waals surface area contributed by atoms with Crippen LogP contribution in [-0.4, -0.2) is 72.7 Å². The molecule has 1 atom stereocenters. The molecule has 0 saturated carbocycles. The number of carbonyl (C=O) groups is 2. The number of benzene rings is 1. The van der Waals surface area contributed by atoms with E-state index in [0.29, 0.717) is 0 Å². The molecule has 1 aliphatic rings. The summed E-state index contributed by atoms with van der Waals surface area (Å²) in [5, 5.41) is 6.89. The van der Waals surface area contributed by atoms with Crippen molar-refractivity contribution >= 4 is 21.7 Å². The number of methoxy groups -OCH3 is 1. The molecule has 2 aromatic rings. The Kier molecular flexibility index (Phi) is 5.68. The molecule has 0 spiro atoms. The summed E-state index contributed by atoms with van der Waals surface area (Å²) in [5.41, 5.74) is 0.825. The molecule has 1 fully saturated rings. The molecule has 28 heavy (non-hydrogen) atoms. The van der Waals surface area contributed by atoms with E-state index in [0.717, 1.165) is 5.69 Å². The minimum Gasteiger partial charge on any atom is -0.493 e. The summed E-state index contributed by atoms with van der Waals surface area (Å²) in [5.74, 6) is -0.713. The van der Waals surface area contributed by atoms with E-state index in [4.69, 9.17) is 4.74 Å². The Balaban J connectivity index is 1.70. The molecule has 1 aromatic carbocycles. The third-order valence-corrected chi connectivity index (χ3v) is 6.12. The van der Waals surface area contributed by atoms with Gasteiger partial charge in [0.05, 0.1) is 30.5 Å². The number of carbonyl (C=O) groups excluding carboxylic acids is 2. The van der Waals surface area contributed by atoms with Crippen molar-refractivity contribution in [1.29, 1.82) is 0 Å². The Morgan fingerprint density at radius 3 is 2.43 bits per heavy atom. The summed E-state index contributed by atoms with van der Waals surface area (Å²) >= 11 is 0. The zero-order valence-electron chi connectivity index (χ0n) is 15.7. The van der Waals surface area contributed by atoms with Crippen LogP contribution in [0, 0.1) is 0 Å². The molecule has 0 radical (unpaired) electrons. The van der Waals surface area contributed by atoms with Crippen molar-refractivity contribution in [3.05, 3.63) is 42.2 Å². The van der Waals surface area contributed by atoms with Crippen molar-refractivity contribution in [2.75, 3.05) is 31.7 Å². The van der Waals surface area contributed by atoms with Gasteiger partial charge in [-0.25, -0.2) is 13.1 Å². The number of ether oxygens (including phenoxy) is 1. The number of aromatic nitrogens is 2. The maximum absolute atomic E-state index is 12.6. The van der Waals surface area contributed by atoms with E-state index in [1.807, 2.05) is 30.3 Å². The lowest BCUT2D eigenvalue weighted by Crippen LogP contribution is -2.51. The van der Waals surface area contributed by atoms with Crippen LogP contribution < -0.4 is 10.1 Å². The maximum atomic E-state index is 12.6. The third-order valence-electron chi connectivity index (χ3n) is 4.51. The number of sulfone groups is 1. The molecule has 2 amide bonds. The molecule has 10 heteroatoms. The van der Waals surface area contributed by atoms with Gasteiger partial charge in [0.2, 0.25) is 5.91 Å². The maximum Gasteiger partial charge on any atom is 0.276 e. The predicted molar refractivity (Wildman–Crippen MR) is 102 cm³/mol. The molecule has 0 bridgehead atoms. The van der Waals surface area contributed by atoms with Crippen molar-refractivity contribution in [2.24, 2.45) is 0 Å². The first kappa shape index (κ1) is 19.9. The Bertz CT molecular complexity index is 957. The summed E-state index contributed by atoms with van der Waals surface area (Å²) in [6.07, 6.45) is 1.59. The van der Waals surface area contributed by atoms with Crippen LogP contribution in [0.4, 0.5) is 0 Å². The molecular weight excluding hydrogens is 384 g/mol. The Morgan fingerprint density at radius 1 is 1.18 bits per heavy atom. The van der Waals surface area contributed by atoms with Crippen LogP contribution in [0.25, 0.3) is 5.69 Å². The highest BCUT2D eigenvalue weighted by atomic mass is 32.2. The lowest BCUT2D eigenvalue weighted by molar-refractivity contribution is -0.132. The van der Waals surface area contributed by atoms with Crippen LogP contribution in [0.15, 0.2) is 36.5 Å². The number of amides is 2. The molecule has 1 aromatic heterocycles. The van der Waals surface area contributed by atoms with Gasteiger partial charge < -0.3 is 15.0 Å². The Morgan fingerprint density at radius 2 is 1.82 bits per heavy atom. The molecule has 1 saturated heterocycles. The molecule has 1 unspecified atom stereocenters. The van der Waals surface area contributed by atoms with Gasteiger partial charge in [-0.05, 0) is 19.1 Å². The van der Waals surface area contributed by atoms with Gasteiger partial charge in [-0.3, -0.25) is 9.59 Å². The average molecular weight is 406 g/mol. The molecule has 150 valence electrons. The van der Waals surface area contributed by atoms with Gasteiger partial charge in [-0.15, -0.1) is 0 Å². The van der Waals surface area contributed by atoms with E-state index in [1.54, 1.807) is 13.1 Å². The second-order valence-corrected chi connectivity index (χ2v) is 8.80. The highest BCUT2D eigenvalue weighted by molar-refractivity contribution is 7.91. The molecule has 3 rings (SSSR count). The lowest BCUT2D eigenvalue weighted by Gasteiger charge is -2.29. The van der Waals surface area contributed by atoms with Crippen LogP contribution in [0.1, 0.15) is 17.4 Å². The fourth-order valence-electron chi connectivity index (χ4n) is 2.91. The summed E-state index contributed by atoms with van der Waals surface area (Å²) in [6.45, 7) is 1.82. The largest absolute Gasteiger partial charge is 0.493 e. The van der Waals surface area contributed by atoms with Gasteiger partial charge in [0, 0.05) is 13.1 Å². The van der Waals surface area contributed by atoms with E-state index >= 15 is 0 Å². The predicted octanol–water partition coefficient (Wildman–Crippen LogP) is 0.256. The summed E-state index contributed by atoms with van der Waals surface area (Å²) in [4.78, 5) is 26.6. The van der Waals surface area contributed by atoms with E-state index in [9.17, 15) is 18.0 Å². The normalized spacial score (nSPS) is 17.0. The van der Waals surface area contributed by atoms with E-state index in [-0.39, 0.29) is 41.9 Å². The second-order valence-electron chi connectivity index (χ2n) is 6.50. The van der Waals surface area contributed by atoms with Crippen molar-refractivity contribution < 1.29 is 22.7 Å². The monoisotopic (exact) mass is 406 g/mol. The highest BCUT2D eigenvalue weighted by Crippen LogP contribution is 2.19. The van der Waals surface area contributed by atoms with Gasteiger partial charge >= 0.3 is 0 Å². The zero-order valence-corrected chi connectivity index (χ0v) is 16.5. The molecule has 2 heterocycles. The fourth-order valence-corrected chi connectivity index (χ4v) is 4.11. The topological polar surface area (TPSA) is 111 Å². The lowest BCUT2D eigenvalue weighted by atomic mass is 10.2. The number of rotatable bonds is 5. The fraction of sp³-hybridized carbons (Fsp3) is 0.389. The molecule has 1 aliphatic heterocycles. The summed E-state index contributed by atoms with van der Waals surface area (Å²) in [7, 11) is -1.65. The van der Waals surface area contributed by atoms with E-state index in [1.165, 1.54) is 16.7 Å². The van der Waals surface area contributed by atoms with E-state index < -0.39 is 21.8 Å². The first-order valence-corrected chi connectivity index (χ1v) is 10.6. The summed E-state index contributed by atoms with van der Waals surface area (Å²) < 4.78 is 29.8. The van der Waals surface area contributed by atoms with Crippen molar-refractivity contribution in [3.8, 4) is 11.4 Å². The third kappa shape index (κ3) is 4.33. The number of nitrogens with zero attached hydrogens (tertiary/aromatic N) is 3. The standard InChI is InChI=1S/C18H22N4O5S/c1-13(18(24)21-8-10-28(25,26)11-9-21)19-17(23)16-15(27-2)12-22(20-16)14-6-4-3-5-7-14/h3-7,12-13H,8-11H2,1-2H3,(H,19,23). The number of para-hydroxylation sites is 1. The van der Waals surface area contributed by atoms with Gasteiger partial charge in [0.1, 0.15) is 6.04 Å². The zero-order chi connectivity index (χ0) is 20.3. The second kappa shape index (κ2) is 8.01. The van der Waals surface area contributed by atoms with Crippen LogP contribution in [0.3, 0.4) is 0 Å². The molecule has 9 nitrogen and oxygen atoms in total. The minimum atomic E-state index is -3.08. The number of nitrogens with one attached hydrogen (secondary N) is 1. The first-order chi connectivity index (χ1) is 13.3. The highest BCUT2D eigenvalue weighted by Gasteiger charge is 2.29. The van der Waals surface area contributed by atoms with Gasteiger partial charge in [-0.1, -0.05) is 18.2 Å². The van der Waals surface area contributed by atoms with Crippen molar-refractivity contribution in [2.45, 2.75) is 13.0 Å². The summed E-state index contributed by atoms with van der Waals surface area (Å²) in [6, 6.07) is 8.43. The molecular formula is C18H22N4O5S. The van der Waals surface area contributed by atoms with Crippen LogP contribution in [0.2, 0.25) is 0 Å². The van der Waals surface area contributed by atoms with Gasteiger partial charge in [0.15, 0.2) is 21.3 Å². The Labute approximate surface area is 163 Å².